The predicted octanol–water partition coefficient (Wildman–Crippen LogP) is 2.62. The summed E-state index contributed by atoms with van der Waals surface area (Å²) in [7, 11) is 0. The van der Waals surface area contributed by atoms with E-state index in [1.807, 2.05) is 0 Å². The number of nitrogens with one attached hydrogen (secondary N) is 3. The average Bonchev–Trinajstić information content (AvgIpc) is 2.68. The van der Waals surface area contributed by atoms with E-state index in [1.165, 1.54) is 12.1 Å². The van der Waals surface area contributed by atoms with Crippen molar-refractivity contribution in [2.24, 2.45) is 11.8 Å². The number of benzene rings is 1. The van der Waals surface area contributed by atoms with Crippen molar-refractivity contribution in [2.75, 3.05) is 13.2 Å². The molecule has 0 spiro atoms. The smallest absolute Gasteiger partial charge is 0.258 e. The molecule has 1 saturated heterocycles. The normalized spacial score (nSPS) is 32.6. The number of hydrogen-bond acceptors (Lipinski definition) is 4. The number of halogens is 3. The number of hydrogen-bond donors (Lipinski definition) is 3. The van der Waals surface area contributed by atoms with Crippen molar-refractivity contribution in [1.29, 1.82) is 0 Å². The Kier molecular flexibility index (Phi) is 6.70. The van der Waals surface area contributed by atoms with Crippen LogP contribution in [-0.2, 0) is 9.59 Å². The third-order valence-corrected chi connectivity index (χ3v) is 7.14. The first kappa shape index (κ1) is 21.7. The van der Waals surface area contributed by atoms with E-state index in [4.69, 9.17) is 27.9 Å². The summed E-state index contributed by atoms with van der Waals surface area (Å²) in [6.45, 7) is 0.447. The van der Waals surface area contributed by atoms with E-state index >= 15 is 0 Å². The molecule has 3 unspecified atom stereocenters. The van der Waals surface area contributed by atoms with Crippen LogP contribution in [0.15, 0.2) is 18.2 Å². The molecule has 9 heteroatoms. The Balaban J connectivity index is 1.25. The zero-order valence-corrected chi connectivity index (χ0v) is 18.0. The fourth-order valence-corrected chi connectivity index (χ4v) is 5.00. The molecular weight excluding hydrogens is 432 g/mol. The molecule has 1 aliphatic heterocycles. The topological polar surface area (TPSA) is 79.5 Å². The highest BCUT2D eigenvalue weighted by Gasteiger charge is 2.47. The van der Waals surface area contributed by atoms with Crippen LogP contribution in [-0.4, -0.2) is 48.5 Å². The van der Waals surface area contributed by atoms with E-state index in [1.54, 1.807) is 0 Å². The van der Waals surface area contributed by atoms with Crippen molar-refractivity contribution in [3.8, 4) is 5.75 Å². The highest BCUT2D eigenvalue weighted by atomic mass is 35.5. The molecule has 30 heavy (non-hydrogen) atoms. The maximum atomic E-state index is 13.5. The first-order valence-corrected chi connectivity index (χ1v) is 11.3. The third-order valence-electron chi connectivity index (χ3n) is 6.46. The quantitative estimate of drug-likeness (QED) is 0.573. The number of carbonyl (C=O) groups excluding carboxylic acids is 2. The summed E-state index contributed by atoms with van der Waals surface area (Å²) in [6.07, 6.45) is 4.29. The molecule has 0 aromatic heterocycles. The molecule has 3 aliphatic carbocycles. The molecule has 0 radical (unpaired) electrons. The molecule has 3 N–H and O–H groups in total. The number of rotatable bonds is 6. The van der Waals surface area contributed by atoms with Crippen molar-refractivity contribution >= 4 is 35.0 Å². The summed E-state index contributed by atoms with van der Waals surface area (Å²) in [4.78, 5) is 25.0. The van der Waals surface area contributed by atoms with Crippen molar-refractivity contribution in [3.05, 3.63) is 29.0 Å². The predicted molar refractivity (Wildman–Crippen MR) is 112 cm³/mol. The monoisotopic (exact) mass is 457 g/mol. The Bertz CT molecular complexity index is 798. The summed E-state index contributed by atoms with van der Waals surface area (Å²) >= 11 is 11.7. The molecular formula is C21H26Cl2FN3O3. The van der Waals surface area contributed by atoms with Gasteiger partial charge in [0.1, 0.15) is 11.6 Å². The molecule has 5 rings (SSSR count). The van der Waals surface area contributed by atoms with Gasteiger partial charge in [0.15, 0.2) is 6.61 Å². The number of carbonyl (C=O) groups is 2. The first-order chi connectivity index (χ1) is 14.4. The van der Waals surface area contributed by atoms with E-state index < -0.39 is 5.82 Å². The third kappa shape index (κ3) is 5.01. The van der Waals surface area contributed by atoms with Crippen molar-refractivity contribution in [2.45, 2.75) is 55.6 Å². The number of ether oxygens (including phenoxy) is 1. The Morgan fingerprint density at radius 1 is 1.13 bits per heavy atom. The van der Waals surface area contributed by atoms with Gasteiger partial charge in [-0.3, -0.25) is 9.59 Å². The number of fused-ring (bicyclic) bond motifs is 2. The molecule has 6 nitrogen and oxygen atoms in total. The Hall–Kier alpha value is -1.57. The van der Waals surface area contributed by atoms with E-state index in [-0.39, 0.29) is 52.7 Å². The molecule has 4 fully saturated rings. The van der Waals surface area contributed by atoms with Crippen LogP contribution in [0.1, 0.15) is 32.1 Å². The van der Waals surface area contributed by atoms with E-state index in [0.29, 0.717) is 24.8 Å². The summed E-state index contributed by atoms with van der Waals surface area (Å²) in [5.74, 6) is 0.341. The van der Waals surface area contributed by atoms with Gasteiger partial charge in [-0.15, -0.1) is 11.6 Å². The van der Waals surface area contributed by atoms with Crippen LogP contribution in [0.3, 0.4) is 0 Å². The van der Waals surface area contributed by atoms with E-state index in [9.17, 15) is 14.0 Å². The largest absolute Gasteiger partial charge is 0.484 e. The minimum Gasteiger partial charge on any atom is -0.484 e. The maximum Gasteiger partial charge on any atom is 0.258 e. The molecule has 164 valence electrons. The van der Waals surface area contributed by atoms with Gasteiger partial charge >= 0.3 is 0 Å². The Morgan fingerprint density at radius 2 is 1.87 bits per heavy atom. The summed E-state index contributed by atoms with van der Waals surface area (Å²) < 4.78 is 18.8. The molecule has 1 aromatic rings. The van der Waals surface area contributed by atoms with Crippen LogP contribution in [0, 0.1) is 17.7 Å². The Labute approximate surface area is 185 Å². The highest BCUT2D eigenvalue weighted by Crippen LogP contribution is 2.45. The molecule has 2 bridgehead atoms. The lowest BCUT2D eigenvalue weighted by Gasteiger charge is -2.51. The molecule has 3 saturated carbocycles. The SMILES string of the molecule is O=C(COc1ccc(Cl)c(F)c1)N[C@@H]1CC(NC(=O)C2CCC(Cl)CN2)C2CC1C2. The fourth-order valence-electron chi connectivity index (χ4n) is 4.67. The molecule has 2 amide bonds. The summed E-state index contributed by atoms with van der Waals surface area (Å²) in [5.41, 5.74) is 0. The zero-order chi connectivity index (χ0) is 21.3. The second-order valence-electron chi connectivity index (χ2n) is 8.52. The fraction of sp³-hybridized carbons (Fsp3) is 0.619. The van der Waals surface area contributed by atoms with Gasteiger partial charge in [-0.05, 0) is 56.1 Å². The molecule has 4 aliphatic rings. The lowest BCUT2D eigenvalue weighted by molar-refractivity contribution is -0.127. The van der Waals surface area contributed by atoms with Crippen LogP contribution in [0.5, 0.6) is 5.75 Å². The highest BCUT2D eigenvalue weighted by molar-refractivity contribution is 6.30. The number of amides is 2. The number of alkyl halides is 1. The van der Waals surface area contributed by atoms with Gasteiger partial charge in [0.25, 0.3) is 5.91 Å². The molecule has 4 atom stereocenters. The average molecular weight is 458 g/mol. The zero-order valence-electron chi connectivity index (χ0n) is 16.5. The van der Waals surface area contributed by atoms with Crippen LogP contribution in [0.2, 0.25) is 5.02 Å². The summed E-state index contributed by atoms with van der Waals surface area (Å²) in [5, 5.41) is 9.50. The Morgan fingerprint density at radius 3 is 2.53 bits per heavy atom. The minimum atomic E-state index is -0.588. The van der Waals surface area contributed by atoms with Crippen LogP contribution >= 0.6 is 23.2 Å². The van der Waals surface area contributed by atoms with Gasteiger partial charge in [0.2, 0.25) is 5.91 Å². The lowest BCUT2D eigenvalue weighted by atomic mass is 9.60. The van der Waals surface area contributed by atoms with Crippen LogP contribution in [0.4, 0.5) is 4.39 Å². The van der Waals surface area contributed by atoms with Gasteiger partial charge in [-0.2, -0.15) is 0 Å². The minimum absolute atomic E-state index is 0.00453. The van der Waals surface area contributed by atoms with E-state index in [0.717, 1.165) is 31.7 Å². The van der Waals surface area contributed by atoms with Gasteiger partial charge in [0.05, 0.1) is 11.1 Å². The number of piperidine rings is 1. The maximum absolute atomic E-state index is 13.5. The van der Waals surface area contributed by atoms with Gasteiger partial charge < -0.3 is 20.7 Å². The van der Waals surface area contributed by atoms with Gasteiger partial charge in [0, 0.05) is 30.1 Å². The lowest BCUT2D eigenvalue weighted by Crippen LogP contribution is -2.62. The molecule has 1 heterocycles. The van der Waals surface area contributed by atoms with Crippen molar-refractivity contribution in [3.63, 3.8) is 0 Å². The van der Waals surface area contributed by atoms with E-state index in [2.05, 4.69) is 16.0 Å². The second-order valence-corrected chi connectivity index (χ2v) is 9.54. The molecule has 1 aromatic carbocycles. The first-order valence-electron chi connectivity index (χ1n) is 10.4. The van der Waals surface area contributed by atoms with Crippen LogP contribution < -0.4 is 20.7 Å². The van der Waals surface area contributed by atoms with Crippen molar-refractivity contribution in [1.82, 2.24) is 16.0 Å². The standard InChI is InChI=1S/C21H26Cl2FN3O3/c22-13-1-4-17(25-9-13)21(29)27-19-8-18(11-5-12(19)6-11)26-20(28)10-30-14-2-3-15(23)16(24)7-14/h2-3,7,11-13,17-19,25H,1,4-6,8-10H2,(H,26,28)(H,27,29)/t11?,12?,13?,17?,18-,19?/m1/s1. The summed E-state index contributed by atoms with van der Waals surface area (Å²) in [6, 6.07) is 3.94. The van der Waals surface area contributed by atoms with Crippen molar-refractivity contribution < 1.29 is 18.7 Å². The van der Waals surface area contributed by atoms with Gasteiger partial charge in [-0.1, -0.05) is 11.6 Å². The second kappa shape index (κ2) is 9.28. The van der Waals surface area contributed by atoms with Crippen LogP contribution in [0.25, 0.3) is 0 Å². The van der Waals surface area contributed by atoms with Gasteiger partial charge in [-0.25, -0.2) is 4.39 Å².